The summed E-state index contributed by atoms with van der Waals surface area (Å²) in [6, 6.07) is 7.34. The van der Waals surface area contributed by atoms with Gasteiger partial charge in [0.2, 0.25) is 5.91 Å². The third-order valence-electron chi connectivity index (χ3n) is 3.54. The Morgan fingerprint density at radius 1 is 1.26 bits per heavy atom. The van der Waals surface area contributed by atoms with Gasteiger partial charge in [-0.25, -0.2) is 9.78 Å². The fourth-order valence-electron chi connectivity index (χ4n) is 2.18. The Bertz CT molecular complexity index is 752. The van der Waals surface area contributed by atoms with Crippen molar-refractivity contribution in [3.63, 3.8) is 0 Å². The summed E-state index contributed by atoms with van der Waals surface area (Å²) in [5.41, 5.74) is 0.910. The van der Waals surface area contributed by atoms with Crippen LogP contribution in [0.25, 0.3) is 10.4 Å². The number of anilines is 1. The molecule has 1 aliphatic carbocycles. The van der Waals surface area contributed by atoms with Crippen LogP contribution in [0.2, 0.25) is 0 Å². The molecule has 0 atom stereocenters. The highest BCUT2D eigenvalue weighted by Gasteiger charge is 2.31. The van der Waals surface area contributed by atoms with Gasteiger partial charge in [-0.15, -0.1) is 0 Å². The Labute approximate surface area is 137 Å². The van der Waals surface area contributed by atoms with E-state index in [1.54, 1.807) is 13.2 Å². The van der Waals surface area contributed by atoms with Gasteiger partial charge in [0, 0.05) is 11.5 Å². The van der Waals surface area contributed by atoms with Gasteiger partial charge < -0.3 is 14.8 Å². The fraction of sp³-hybridized carbons (Fsp3) is 0.312. The predicted octanol–water partition coefficient (Wildman–Crippen LogP) is 2.95. The van der Waals surface area contributed by atoms with Gasteiger partial charge in [-0.3, -0.25) is 4.79 Å². The first-order chi connectivity index (χ1) is 11.1. The number of benzene rings is 1. The summed E-state index contributed by atoms with van der Waals surface area (Å²) in [5, 5.41) is 3.16. The number of hydrogen-bond donors (Lipinski definition) is 1. The first-order valence-electron chi connectivity index (χ1n) is 7.17. The smallest absolute Gasteiger partial charge is 0.358 e. The topological polar surface area (TPSA) is 77.5 Å². The van der Waals surface area contributed by atoms with Crippen LogP contribution < -0.4 is 10.1 Å². The molecule has 23 heavy (non-hydrogen) atoms. The van der Waals surface area contributed by atoms with Gasteiger partial charge in [-0.05, 0) is 25.0 Å². The molecule has 0 saturated heterocycles. The number of nitrogens with zero attached hydrogens (tertiary/aromatic N) is 1. The Kier molecular flexibility index (Phi) is 4.29. The van der Waals surface area contributed by atoms with Crippen molar-refractivity contribution in [2.45, 2.75) is 12.8 Å². The van der Waals surface area contributed by atoms with Crippen molar-refractivity contribution < 1.29 is 19.1 Å². The van der Waals surface area contributed by atoms with Crippen molar-refractivity contribution in [3.8, 4) is 16.2 Å². The van der Waals surface area contributed by atoms with E-state index in [0.29, 0.717) is 15.8 Å². The van der Waals surface area contributed by atoms with Gasteiger partial charge in [-0.2, -0.15) is 0 Å². The lowest BCUT2D eigenvalue weighted by Gasteiger charge is -2.06. The van der Waals surface area contributed by atoms with Gasteiger partial charge in [-0.1, -0.05) is 23.5 Å². The summed E-state index contributed by atoms with van der Waals surface area (Å²) in [7, 11) is 2.86. The van der Waals surface area contributed by atoms with Crippen LogP contribution in [0.4, 0.5) is 5.13 Å². The van der Waals surface area contributed by atoms with E-state index in [-0.39, 0.29) is 17.5 Å². The zero-order valence-corrected chi connectivity index (χ0v) is 13.6. The third kappa shape index (κ3) is 3.19. The molecule has 0 unspecified atom stereocenters. The molecule has 1 saturated carbocycles. The lowest BCUT2D eigenvalue weighted by Crippen LogP contribution is -2.13. The second-order valence-electron chi connectivity index (χ2n) is 5.15. The van der Waals surface area contributed by atoms with E-state index in [4.69, 9.17) is 9.47 Å². The summed E-state index contributed by atoms with van der Waals surface area (Å²) < 4.78 is 10.1. The Balaban J connectivity index is 2.01. The molecular formula is C16H16N2O4S. The highest BCUT2D eigenvalue weighted by atomic mass is 32.1. The monoisotopic (exact) mass is 332 g/mol. The highest BCUT2D eigenvalue weighted by molar-refractivity contribution is 7.19. The molecule has 0 spiro atoms. The first-order valence-corrected chi connectivity index (χ1v) is 7.99. The maximum Gasteiger partial charge on any atom is 0.358 e. The molecule has 0 aliphatic heterocycles. The standard InChI is InChI=1S/C16H16N2O4S/c1-21-11-6-4-3-5-10(11)13-12(15(20)22-2)17-16(23-13)18-14(19)9-7-8-9/h3-6,9H,7-8H2,1-2H3,(H,17,18,19). The Hall–Kier alpha value is -2.41. The van der Waals surface area contributed by atoms with Crippen LogP contribution in [-0.4, -0.2) is 31.1 Å². The van der Waals surface area contributed by atoms with Gasteiger partial charge >= 0.3 is 5.97 Å². The molecule has 6 nitrogen and oxygen atoms in total. The van der Waals surface area contributed by atoms with Crippen LogP contribution in [0.1, 0.15) is 23.3 Å². The van der Waals surface area contributed by atoms with E-state index in [1.807, 2.05) is 18.2 Å². The van der Waals surface area contributed by atoms with Crippen LogP contribution in [-0.2, 0) is 9.53 Å². The van der Waals surface area contributed by atoms with Crippen LogP contribution >= 0.6 is 11.3 Å². The minimum absolute atomic E-state index is 0.0539. The molecule has 120 valence electrons. The molecule has 1 aliphatic rings. The molecular weight excluding hydrogens is 316 g/mol. The SMILES string of the molecule is COC(=O)c1nc(NC(=O)C2CC2)sc1-c1ccccc1OC. The van der Waals surface area contributed by atoms with Gasteiger partial charge in [0.15, 0.2) is 10.8 Å². The number of aromatic nitrogens is 1. The van der Waals surface area contributed by atoms with Gasteiger partial charge in [0.25, 0.3) is 0 Å². The number of methoxy groups -OCH3 is 2. The number of esters is 1. The number of nitrogens with one attached hydrogen (secondary N) is 1. The van der Waals surface area contributed by atoms with E-state index >= 15 is 0 Å². The molecule has 1 aromatic carbocycles. The second-order valence-corrected chi connectivity index (χ2v) is 6.15. The molecule has 7 heteroatoms. The third-order valence-corrected chi connectivity index (χ3v) is 4.54. The molecule has 1 amide bonds. The maximum atomic E-state index is 12.0. The Morgan fingerprint density at radius 2 is 2.00 bits per heavy atom. The number of ether oxygens (including phenoxy) is 2. The van der Waals surface area contributed by atoms with Crippen LogP contribution in [0.5, 0.6) is 5.75 Å². The first kappa shape index (κ1) is 15.5. The molecule has 1 N–H and O–H groups in total. The molecule has 1 fully saturated rings. The zero-order chi connectivity index (χ0) is 16.4. The summed E-state index contributed by atoms with van der Waals surface area (Å²) in [6.07, 6.45) is 1.81. The number of para-hydroxylation sites is 1. The fourth-order valence-corrected chi connectivity index (χ4v) is 3.16. The molecule has 0 bridgehead atoms. The summed E-state index contributed by atoms with van der Waals surface area (Å²) >= 11 is 1.24. The van der Waals surface area contributed by atoms with E-state index in [9.17, 15) is 9.59 Å². The molecule has 0 radical (unpaired) electrons. The molecule has 1 aromatic heterocycles. The number of thiazole rings is 1. The number of hydrogen-bond acceptors (Lipinski definition) is 6. The summed E-state index contributed by atoms with van der Waals surface area (Å²) in [4.78, 5) is 28.8. The largest absolute Gasteiger partial charge is 0.496 e. The zero-order valence-electron chi connectivity index (χ0n) is 12.8. The van der Waals surface area contributed by atoms with Crippen LogP contribution in [0.15, 0.2) is 24.3 Å². The number of rotatable bonds is 5. The second kappa shape index (κ2) is 6.37. The van der Waals surface area contributed by atoms with Gasteiger partial charge in [0.1, 0.15) is 5.75 Å². The number of carbonyl (C=O) groups is 2. The highest BCUT2D eigenvalue weighted by Crippen LogP contribution is 2.39. The summed E-state index contributed by atoms with van der Waals surface area (Å²) in [6.45, 7) is 0. The van der Waals surface area contributed by atoms with E-state index in [1.165, 1.54) is 18.4 Å². The van der Waals surface area contributed by atoms with Crippen molar-refractivity contribution in [2.75, 3.05) is 19.5 Å². The van der Waals surface area contributed by atoms with Crippen molar-refractivity contribution in [1.82, 2.24) is 4.98 Å². The predicted molar refractivity (Wildman–Crippen MR) is 86.8 cm³/mol. The van der Waals surface area contributed by atoms with Crippen LogP contribution in [0, 0.1) is 5.92 Å². The van der Waals surface area contributed by atoms with E-state index in [0.717, 1.165) is 18.4 Å². The summed E-state index contributed by atoms with van der Waals surface area (Å²) in [5.74, 6) is 0.0902. The molecule has 3 rings (SSSR count). The number of carbonyl (C=O) groups excluding carboxylic acids is 2. The van der Waals surface area contributed by atoms with Gasteiger partial charge in [0.05, 0.1) is 19.1 Å². The van der Waals surface area contributed by atoms with E-state index in [2.05, 4.69) is 10.3 Å². The van der Waals surface area contributed by atoms with Crippen molar-refractivity contribution in [1.29, 1.82) is 0 Å². The lowest BCUT2D eigenvalue weighted by molar-refractivity contribution is -0.117. The van der Waals surface area contributed by atoms with Crippen molar-refractivity contribution >= 4 is 28.3 Å². The van der Waals surface area contributed by atoms with E-state index < -0.39 is 5.97 Å². The minimum Gasteiger partial charge on any atom is -0.496 e. The lowest BCUT2D eigenvalue weighted by atomic mass is 10.1. The molecule has 2 aromatic rings. The van der Waals surface area contributed by atoms with Crippen LogP contribution in [0.3, 0.4) is 0 Å². The average Bonchev–Trinajstić information content (AvgIpc) is 3.35. The number of amides is 1. The quantitative estimate of drug-likeness (QED) is 0.852. The average molecular weight is 332 g/mol. The molecule has 1 heterocycles. The maximum absolute atomic E-state index is 12.0. The Morgan fingerprint density at radius 3 is 2.65 bits per heavy atom. The normalized spacial score (nSPS) is 13.5. The van der Waals surface area contributed by atoms with Crippen molar-refractivity contribution in [2.24, 2.45) is 5.92 Å². The van der Waals surface area contributed by atoms with Crippen molar-refractivity contribution in [3.05, 3.63) is 30.0 Å². The minimum atomic E-state index is -0.547.